The molecule has 0 unspecified atom stereocenters. The highest BCUT2D eigenvalue weighted by Crippen LogP contribution is 2.26. The molecular formula is C18H31F2IN4O2. The van der Waals surface area contributed by atoms with Gasteiger partial charge in [-0.3, -0.25) is 0 Å². The van der Waals surface area contributed by atoms with Gasteiger partial charge in [0.1, 0.15) is 11.5 Å². The molecule has 156 valence electrons. The average Bonchev–Trinajstić information content (AvgIpc) is 2.63. The van der Waals surface area contributed by atoms with Crippen molar-refractivity contribution in [2.24, 2.45) is 4.99 Å². The van der Waals surface area contributed by atoms with Crippen LogP contribution in [0.4, 0.5) is 8.78 Å². The summed E-state index contributed by atoms with van der Waals surface area (Å²) >= 11 is 0. The molecule has 27 heavy (non-hydrogen) atoms. The summed E-state index contributed by atoms with van der Waals surface area (Å²) in [7, 11) is 1.52. The molecule has 0 saturated carbocycles. The van der Waals surface area contributed by atoms with E-state index < -0.39 is 6.61 Å². The molecule has 0 radical (unpaired) electrons. The smallest absolute Gasteiger partial charge is 0.387 e. The van der Waals surface area contributed by atoms with Crippen LogP contribution in [0.1, 0.15) is 26.3 Å². The number of alkyl halides is 2. The number of ether oxygens (including phenoxy) is 2. The Kier molecular flexibility index (Phi) is 13.9. The molecule has 0 fully saturated rings. The number of likely N-dealkylation sites (N-methyl/N-ethyl adjacent to an activating group) is 1. The summed E-state index contributed by atoms with van der Waals surface area (Å²) in [4.78, 5) is 6.77. The molecule has 0 atom stereocenters. The summed E-state index contributed by atoms with van der Waals surface area (Å²) < 4.78 is 34.9. The summed E-state index contributed by atoms with van der Waals surface area (Å²) in [6.45, 7) is 7.85. The van der Waals surface area contributed by atoms with Crippen LogP contribution in [0.15, 0.2) is 23.2 Å². The van der Waals surface area contributed by atoms with Gasteiger partial charge >= 0.3 is 6.61 Å². The lowest BCUT2D eigenvalue weighted by Crippen LogP contribution is -2.41. The lowest BCUT2D eigenvalue weighted by atomic mass is 10.2. The SMILES string of the molecule is CCNC(=NCc1cc(OC)ccc1OC(F)F)NCCN(CC)CC.I. The van der Waals surface area contributed by atoms with E-state index in [0.717, 1.165) is 26.2 Å². The number of aliphatic imine (C=N–C) groups is 1. The molecule has 9 heteroatoms. The van der Waals surface area contributed by atoms with Crippen LogP contribution >= 0.6 is 24.0 Å². The topological polar surface area (TPSA) is 58.1 Å². The Morgan fingerprint density at radius 2 is 1.89 bits per heavy atom. The predicted octanol–water partition coefficient (Wildman–Crippen LogP) is 3.31. The molecule has 0 aliphatic heterocycles. The number of nitrogens with one attached hydrogen (secondary N) is 2. The second kappa shape index (κ2) is 14.7. The largest absolute Gasteiger partial charge is 0.497 e. The predicted molar refractivity (Wildman–Crippen MR) is 116 cm³/mol. The van der Waals surface area contributed by atoms with E-state index in [1.807, 2.05) is 6.92 Å². The highest BCUT2D eigenvalue weighted by molar-refractivity contribution is 14.0. The van der Waals surface area contributed by atoms with Crippen molar-refractivity contribution in [3.8, 4) is 11.5 Å². The van der Waals surface area contributed by atoms with Gasteiger partial charge in [0.05, 0.1) is 13.7 Å². The molecule has 1 aromatic carbocycles. The highest BCUT2D eigenvalue weighted by atomic mass is 127. The minimum atomic E-state index is -2.88. The molecule has 6 nitrogen and oxygen atoms in total. The zero-order chi connectivity index (χ0) is 19.4. The van der Waals surface area contributed by atoms with Crippen LogP contribution in [0, 0.1) is 0 Å². The fraction of sp³-hybridized carbons (Fsp3) is 0.611. The fourth-order valence-electron chi connectivity index (χ4n) is 2.40. The number of methoxy groups -OCH3 is 1. The second-order valence-electron chi connectivity index (χ2n) is 5.50. The van der Waals surface area contributed by atoms with Gasteiger partial charge in [0.15, 0.2) is 5.96 Å². The quantitative estimate of drug-likeness (QED) is 0.278. The number of halogens is 3. The molecule has 0 bridgehead atoms. The first-order valence-corrected chi connectivity index (χ1v) is 8.90. The number of benzene rings is 1. The third-order valence-corrected chi connectivity index (χ3v) is 3.85. The molecule has 0 aliphatic carbocycles. The zero-order valence-corrected chi connectivity index (χ0v) is 18.8. The van der Waals surface area contributed by atoms with E-state index in [9.17, 15) is 8.78 Å². The first-order valence-electron chi connectivity index (χ1n) is 8.90. The fourth-order valence-corrected chi connectivity index (χ4v) is 2.40. The van der Waals surface area contributed by atoms with Crippen molar-refractivity contribution >= 4 is 29.9 Å². The molecule has 1 aromatic rings. The standard InChI is InChI=1S/C18H30F2N4O2.HI/c1-5-21-18(22-10-11-24(6-2)7-3)23-13-14-12-15(25-4)8-9-16(14)26-17(19)20;/h8-9,12,17H,5-7,10-11,13H2,1-4H3,(H2,21,22,23);1H. The van der Waals surface area contributed by atoms with E-state index in [4.69, 9.17) is 4.74 Å². The Balaban J connectivity index is 0.00000676. The van der Waals surface area contributed by atoms with Gasteiger partial charge in [0.2, 0.25) is 0 Å². The lowest BCUT2D eigenvalue weighted by molar-refractivity contribution is -0.0504. The molecular weight excluding hydrogens is 469 g/mol. The van der Waals surface area contributed by atoms with Gasteiger partial charge < -0.3 is 25.0 Å². The van der Waals surface area contributed by atoms with Crippen LogP contribution in [-0.4, -0.2) is 57.3 Å². The van der Waals surface area contributed by atoms with Crippen molar-refractivity contribution < 1.29 is 18.3 Å². The normalized spacial score (nSPS) is 11.3. The minimum absolute atomic E-state index is 0. The second-order valence-corrected chi connectivity index (χ2v) is 5.50. The molecule has 1 rings (SSSR count). The highest BCUT2D eigenvalue weighted by Gasteiger charge is 2.11. The maximum absolute atomic E-state index is 12.6. The lowest BCUT2D eigenvalue weighted by Gasteiger charge is -2.19. The number of hydrogen-bond acceptors (Lipinski definition) is 4. The Bertz CT molecular complexity index is 558. The van der Waals surface area contributed by atoms with Gasteiger partial charge in [-0.05, 0) is 38.2 Å². The Labute approximate surface area is 177 Å². The van der Waals surface area contributed by atoms with Crippen LogP contribution < -0.4 is 20.1 Å². The van der Waals surface area contributed by atoms with Crippen LogP contribution in [0.25, 0.3) is 0 Å². The van der Waals surface area contributed by atoms with Crippen molar-refractivity contribution in [3.63, 3.8) is 0 Å². The van der Waals surface area contributed by atoms with Gasteiger partial charge in [0.25, 0.3) is 0 Å². The number of guanidine groups is 1. The third-order valence-electron chi connectivity index (χ3n) is 3.85. The molecule has 0 heterocycles. The minimum Gasteiger partial charge on any atom is -0.497 e. The van der Waals surface area contributed by atoms with E-state index in [1.54, 1.807) is 12.1 Å². The summed E-state index contributed by atoms with van der Waals surface area (Å²) in [5.41, 5.74) is 0.533. The third kappa shape index (κ3) is 9.94. The van der Waals surface area contributed by atoms with Crippen LogP contribution in [0.3, 0.4) is 0 Å². The van der Waals surface area contributed by atoms with Gasteiger partial charge in [-0.1, -0.05) is 13.8 Å². The van der Waals surface area contributed by atoms with Crippen molar-refractivity contribution in [2.75, 3.05) is 39.8 Å². The van der Waals surface area contributed by atoms with E-state index in [0.29, 0.717) is 23.8 Å². The molecule has 0 amide bonds. The van der Waals surface area contributed by atoms with Gasteiger partial charge in [0, 0.05) is 25.2 Å². The van der Waals surface area contributed by atoms with Crippen LogP contribution in [0.2, 0.25) is 0 Å². The van der Waals surface area contributed by atoms with E-state index >= 15 is 0 Å². The first-order chi connectivity index (χ1) is 12.5. The summed E-state index contributed by atoms with van der Waals surface area (Å²) in [6, 6.07) is 4.70. The maximum atomic E-state index is 12.6. The molecule has 0 aromatic heterocycles. The Hall–Kier alpha value is -1.36. The van der Waals surface area contributed by atoms with Crippen molar-refractivity contribution in [2.45, 2.75) is 33.9 Å². The maximum Gasteiger partial charge on any atom is 0.387 e. The number of hydrogen-bond donors (Lipinski definition) is 2. The molecule has 0 saturated heterocycles. The molecule has 2 N–H and O–H groups in total. The van der Waals surface area contributed by atoms with Gasteiger partial charge in [-0.15, -0.1) is 24.0 Å². The van der Waals surface area contributed by atoms with E-state index in [2.05, 4.69) is 39.1 Å². The van der Waals surface area contributed by atoms with Crippen molar-refractivity contribution in [1.82, 2.24) is 15.5 Å². The van der Waals surface area contributed by atoms with Gasteiger partial charge in [-0.2, -0.15) is 8.78 Å². The number of nitrogens with zero attached hydrogens (tertiary/aromatic N) is 2. The summed E-state index contributed by atoms with van der Waals surface area (Å²) in [5, 5.41) is 6.41. The van der Waals surface area contributed by atoms with Crippen molar-refractivity contribution in [3.05, 3.63) is 23.8 Å². The zero-order valence-electron chi connectivity index (χ0n) is 16.4. The first kappa shape index (κ1) is 25.6. The summed E-state index contributed by atoms with van der Waals surface area (Å²) in [5.74, 6) is 1.30. The molecule has 0 aliphatic rings. The Morgan fingerprint density at radius 3 is 2.44 bits per heavy atom. The van der Waals surface area contributed by atoms with Crippen LogP contribution in [0.5, 0.6) is 11.5 Å². The van der Waals surface area contributed by atoms with E-state index in [1.165, 1.54) is 13.2 Å². The van der Waals surface area contributed by atoms with Crippen molar-refractivity contribution in [1.29, 1.82) is 0 Å². The molecule has 0 spiro atoms. The van der Waals surface area contributed by atoms with Gasteiger partial charge in [-0.25, -0.2) is 4.99 Å². The Morgan fingerprint density at radius 1 is 1.19 bits per heavy atom. The van der Waals surface area contributed by atoms with Crippen LogP contribution in [-0.2, 0) is 6.54 Å². The average molecular weight is 500 g/mol. The van der Waals surface area contributed by atoms with E-state index in [-0.39, 0.29) is 36.3 Å². The number of rotatable bonds is 11. The summed E-state index contributed by atoms with van der Waals surface area (Å²) in [6.07, 6.45) is 0. The monoisotopic (exact) mass is 500 g/mol.